The summed E-state index contributed by atoms with van der Waals surface area (Å²) in [6.45, 7) is 3.53. The molecule has 0 fully saturated rings. The van der Waals surface area contributed by atoms with Crippen molar-refractivity contribution >= 4 is 27.9 Å². The molecule has 0 radical (unpaired) electrons. The number of rotatable bonds is 8. The van der Waals surface area contributed by atoms with Gasteiger partial charge < -0.3 is 19.9 Å². The number of carbonyl (C=O) groups is 1. The molecule has 7 heteroatoms. The average molecular weight is 383 g/mol. The summed E-state index contributed by atoms with van der Waals surface area (Å²) in [5, 5.41) is 21.6. The summed E-state index contributed by atoms with van der Waals surface area (Å²) < 4.78 is 10.6. The maximum atomic E-state index is 12.0. The fourth-order valence-corrected chi connectivity index (χ4v) is 2.22. The van der Waals surface area contributed by atoms with Gasteiger partial charge in [0.15, 0.2) is 11.5 Å². The molecule has 1 amide bonds. The van der Waals surface area contributed by atoms with Gasteiger partial charge in [-0.15, -0.1) is 0 Å². The van der Waals surface area contributed by atoms with Crippen molar-refractivity contribution in [2.24, 2.45) is 0 Å². The maximum absolute atomic E-state index is 12.0. The van der Waals surface area contributed by atoms with E-state index >= 15 is 0 Å². The summed E-state index contributed by atoms with van der Waals surface area (Å²) in [5.41, 5.74) is 0.536. The van der Waals surface area contributed by atoms with Crippen molar-refractivity contribution in [3.8, 4) is 17.6 Å². The zero-order valence-corrected chi connectivity index (χ0v) is 14.6. The Morgan fingerprint density at radius 1 is 1.52 bits per heavy atom. The molecule has 0 saturated heterocycles. The molecule has 0 heterocycles. The van der Waals surface area contributed by atoms with Crippen LogP contribution in [0.4, 0.5) is 0 Å². The monoisotopic (exact) mass is 382 g/mol. The fraction of sp³-hybridized carbons (Fsp3) is 0.375. The first kappa shape index (κ1) is 19.0. The summed E-state index contributed by atoms with van der Waals surface area (Å²) >= 11 is 3.20. The Morgan fingerprint density at radius 3 is 2.87 bits per heavy atom. The molecular weight excluding hydrogens is 364 g/mol. The number of nitrogens with zero attached hydrogens (tertiary/aromatic N) is 1. The van der Waals surface area contributed by atoms with Crippen LogP contribution in [-0.2, 0) is 9.53 Å². The molecule has 124 valence electrons. The number of ether oxygens (including phenoxy) is 2. The molecule has 0 aliphatic rings. The van der Waals surface area contributed by atoms with E-state index in [-0.39, 0.29) is 17.1 Å². The topological polar surface area (TPSA) is 91.6 Å². The summed E-state index contributed by atoms with van der Waals surface area (Å²) in [7, 11) is 1.42. The Balaban J connectivity index is 2.81. The number of hydrogen-bond acceptors (Lipinski definition) is 5. The smallest absolute Gasteiger partial charge is 0.261 e. The molecule has 0 spiro atoms. The van der Waals surface area contributed by atoms with Gasteiger partial charge in [0, 0.05) is 19.8 Å². The number of phenolic OH excluding ortho intramolecular Hbond substituents is 1. The summed E-state index contributed by atoms with van der Waals surface area (Å²) in [5.74, 6) is -0.240. The van der Waals surface area contributed by atoms with E-state index < -0.39 is 5.91 Å². The van der Waals surface area contributed by atoms with Gasteiger partial charge in [-0.3, -0.25) is 4.79 Å². The Bertz CT molecular complexity index is 623. The Labute approximate surface area is 143 Å². The van der Waals surface area contributed by atoms with Crippen LogP contribution < -0.4 is 10.1 Å². The van der Waals surface area contributed by atoms with Crippen molar-refractivity contribution in [1.82, 2.24) is 5.32 Å². The van der Waals surface area contributed by atoms with Gasteiger partial charge in [-0.2, -0.15) is 5.26 Å². The third-order valence-corrected chi connectivity index (χ3v) is 3.51. The largest absolute Gasteiger partial charge is 0.503 e. The first-order chi connectivity index (χ1) is 11.0. The van der Waals surface area contributed by atoms with E-state index in [1.807, 2.05) is 13.0 Å². The third kappa shape index (κ3) is 5.93. The first-order valence-electron chi connectivity index (χ1n) is 7.07. The molecule has 0 bridgehead atoms. The van der Waals surface area contributed by atoms with E-state index in [0.717, 1.165) is 0 Å². The molecular formula is C16H19BrN2O4. The molecule has 0 aliphatic heterocycles. The number of aromatic hydroxyl groups is 1. The van der Waals surface area contributed by atoms with Crippen LogP contribution in [-0.4, -0.2) is 37.9 Å². The highest BCUT2D eigenvalue weighted by molar-refractivity contribution is 9.10. The molecule has 0 atom stereocenters. The van der Waals surface area contributed by atoms with Crippen molar-refractivity contribution in [1.29, 1.82) is 5.26 Å². The van der Waals surface area contributed by atoms with Gasteiger partial charge in [0.1, 0.15) is 11.6 Å². The molecule has 0 aromatic heterocycles. The third-order valence-electron chi connectivity index (χ3n) is 2.90. The minimum Gasteiger partial charge on any atom is -0.503 e. The number of methoxy groups -OCH3 is 1. The summed E-state index contributed by atoms with van der Waals surface area (Å²) in [6.07, 6.45) is 2.11. The van der Waals surface area contributed by atoms with E-state index in [1.54, 1.807) is 12.1 Å². The van der Waals surface area contributed by atoms with E-state index in [4.69, 9.17) is 14.7 Å². The Hall–Kier alpha value is -2.04. The minimum absolute atomic E-state index is 0.0268. The Kier molecular flexibility index (Phi) is 8.16. The molecule has 1 aromatic carbocycles. The van der Waals surface area contributed by atoms with Gasteiger partial charge in [0.05, 0.1) is 11.6 Å². The van der Waals surface area contributed by atoms with Crippen LogP contribution in [0.25, 0.3) is 6.08 Å². The number of nitriles is 1. The molecule has 0 saturated carbocycles. The van der Waals surface area contributed by atoms with Crippen molar-refractivity contribution < 1.29 is 19.4 Å². The lowest BCUT2D eigenvalue weighted by Gasteiger charge is -2.07. The van der Waals surface area contributed by atoms with Gasteiger partial charge in [0.2, 0.25) is 0 Å². The van der Waals surface area contributed by atoms with Gasteiger partial charge >= 0.3 is 0 Å². The number of amides is 1. The highest BCUT2D eigenvalue weighted by atomic mass is 79.9. The summed E-state index contributed by atoms with van der Waals surface area (Å²) in [4.78, 5) is 12.0. The van der Waals surface area contributed by atoms with Crippen LogP contribution in [0.5, 0.6) is 11.5 Å². The van der Waals surface area contributed by atoms with Gasteiger partial charge in [-0.05, 0) is 53.0 Å². The predicted molar refractivity (Wildman–Crippen MR) is 90.1 cm³/mol. The van der Waals surface area contributed by atoms with E-state index in [1.165, 1.54) is 13.2 Å². The van der Waals surface area contributed by atoms with Crippen LogP contribution in [0.15, 0.2) is 22.2 Å². The number of hydrogen-bond donors (Lipinski definition) is 2. The lowest BCUT2D eigenvalue weighted by Crippen LogP contribution is -2.26. The van der Waals surface area contributed by atoms with Crippen molar-refractivity contribution in [3.63, 3.8) is 0 Å². The minimum atomic E-state index is -0.452. The molecule has 6 nitrogen and oxygen atoms in total. The lowest BCUT2D eigenvalue weighted by molar-refractivity contribution is -0.117. The zero-order chi connectivity index (χ0) is 17.2. The normalized spacial score (nSPS) is 11.0. The summed E-state index contributed by atoms with van der Waals surface area (Å²) in [6, 6.07) is 5.01. The van der Waals surface area contributed by atoms with Crippen LogP contribution in [0, 0.1) is 11.3 Å². The molecule has 2 N–H and O–H groups in total. The first-order valence-corrected chi connectivity index (χ1v) is 7.87. The number of nitrogens with one attached hydrogen (secondary N) is 1. The molecule has 0 unspecified atom stereocenters. The number of phenols is 1. The van der Waals surface area contributed by atoms with E-state index in [0.29, 0.717) is 36.2 Å². The molecule has 1 rings (SSSR count). The SMILES string of the molecule is CCOCCCNC(=O)C(C#N)=Cc1cc(Br)c(O)c(OC)c1. The average Bonchev–Trinajstić information content (AvgIpc) is 2.55. The second kappa shape index (κ2) is 9.87. The van der Waals surface area contributed by atoms with Crippen LogP contribution in [0.2, 0.25) is 0 Å². The van der Waals surface area contributed by atoms with Gasteiger partial charge in [-0.1, -0.05) is 0 Å². The maximum Gasteiger partial charge on any atom is 0.261 e. The second-order valence-electron chi connectivity index (χ2n) is 4.53. The van der Waals surface area contributed by atoms with Gasteiger partial charge in [0.25, 0.3) is 5.91 Å². The molecule has 1 aromatic rings. The number of benzene rings is 1. The lowest BCUT2D eigenvalue weighted by atomic mass is 10.1. The fourth-order valence-electron chi connectivity index (χ4n) is 1.76. The Morgan fingerprint density at radius 2 is 2.26 bits per heavy atom. The van der Waals surface area contributed by atoms with Crippen molar-refractivity contribution in [2.45, 2.75) is 13.3 Å². The van der Waals surface area contributed by atoms with Crippen LogP contribution >= 0.6 is 15.9 Å². The second-order valence-corrected chi connectivity index (χ2v) is 5.38. The highest BCUT2D eigenvalue weighted by Crippen LogP contribution is 2.35. The van der Waals surface area contributed by atoms with Crippen molar-refractivity contribution in [2.75, 3.05) is 26.9 Å². The van der Waals surface area contributed by atoms with Crippen molar-refractivity contribution in [3.05, 3.63) is 27.7 Å². The van der Waals surface area contributed by atoms with Gasteiger partial charge in [-0.25, -0.2) is 0 Å². The predicted octanol–water partition coefficient (Wildman–Crippen LogP) is 2.61. The van der Waals surface area contributed by atoms with Crippen LogP contribution in [0.1, 0.15) is 18.9 Å². The highest BCUT2D eigenvalue weighted by Gasteiger charge is 2.11. The van der Waals surface area contributed by atoms with E-state index in [2.05, 4.69) is 21.2 Å². The standard InChI is InChI=1S/C16H19BrN2O4/c1-3-23-6-4-5-19-16(21)12(10-18)7-11-8-13(17)15(20)14(9-11)22-2/h7-9,20H,3-6H2,1-2H3,(H,19,21). The molecule has 0 aliphatic carbocycles. The quantitative estimate of drug-likeness (QED) is 0.409. The van der Waals surface area contributed by atoms with E-state index in [9.17, 15) is 9.90 Å². The molecule has 23 heavy (non-hydrogen) atoms. The number of halogens is 1. The van der Waals surface area contributed by atoms with Crippen LogP contribution in [0.3, 0.4) is 0 Å². The number of carbonyl (C=O) groups excluding carboxylic acids is 1. The zero-order valence-electron chi connectivity index (χ0n) is 13.1.